The molecule has 0 saturated carbocycles. The van der Waals surface area contributed by atoms with Crippen molar-refractivity contribution in [1.82, 2.24) is 0 Å². The molecule has 0 N–H and O–H groups in total. The molecule has 0 aliphatic heterocycles. The van der Waals surface area contributed by atoms with Crippen molar-refractivity contribution in [1.29, 1.82) is 0 Å². The zero-order chi connectivity index (χ0) is 7.15. The SMILES string of the molecule is [Al+3].[O-]B([O-])[O-].[O-]B([O-])[O-].[Sc+3]. The Labute approximate surface area is 87.8 Å². The van der Waals surface area contributed by atoms with Crippen LogP contribution in [0.25, 0.3) is 0 Å². The van der Waals surface area contributed by atoms with E-state index in [1.165, 1.54) is 0 Å². The van der Waals surface area contributed by atoms with E-state index >= 15 is 0 Å². The fourth-order valence-corrected chi connectivity index (χ4v) is 0. The van der Waals surface area contributed by atoms with Gasteiger partial charge in [-0.1, -0.05) is 0 Å². The second-order valence-electron chi connectivity index (χ2n) is 0.577. The van der Waals surface area contributed by atoms with E-state index in [0.29, 0.717) is 0 Å². The van der Waals surface area contributed by atoms with Crippen LogP contribution in [0, 0.1) is 0 Å². The predicted molar refractivity (Wildman–Crippen MR) is 17.3 cm³/mol. The molecule has 0 rings (SSSR count). The van der Waals surface area contributed by atoms with Gasteiger partial charge in [0.2, 0.25) is 0 Å². The fraction of sp³-hybridized carbons (Fsp3) is 0. The van der Waals surface area contributed by atoms with Crippen molar-refractivity contribution in [2.45, 2.75) is 0 Å². The van der Waals surface area contributed by atoms with Crippen LogP contribution in [-0.2, 0) is 25.8 Å². The quantitative estimate of drug-likeness (QED) is 0.347. The van der Waals surface area contributed by atoms with Crippen molar-refractivity contribution in [3.63, 3.8) is 0 Å². The van der Waals surface area contributed by atoms with Crippen LogP contribution < -0.4 is 30.1 Å². The van der Waals surface area contributed by atoms with Gasteiger partial charge in [0, 0.05) is 0 Å². The van der Waals surface area contributed by atoms with E-state index in [1.807, 2.05) is 0 Å². The molecule has 10 heteroatoms. The minimum absolute atomic E-state index is 0. The molecule has 0 saturated heterocycles. The van der Waals surface area contributed by atoms with Crippen molar-refractivity contribution in [2.75, 3.05) is 0 Å². The molecule has 48 valence electrons. The van der Waals surface area contributed by atoms with E-state index in [0.717, 1.165) is 0 Å². The average molecular weight is 190 g/mol. The van der Waals surface area contributed by atoms with Crippen LogP contribution in [0.1, 0.15) is 0 Å². The minimum atomic E-state index is -2.92. The molecule has 0 bridgehead atoms. The maximum atomic E-state index is 8.42. The Bertz CT molecular complexity index is 31.2. The van der Waals surface area contributed by atoms with E-state index in [4.69, 9.17) is 30.1 Å². The van der Waals surface area contributed by atoms with E-state index in [9.17, 15) is 0 Å². The van der Waals surface area contributed by atoms with Crippen molar-refractivity contribution in [3.05, 3.63) is 0 Å². The summed E-state index contributed by atoms with van der Waals surface area (Å²) in [5, 5.41) is 50.5. The Morgan fingerprint density at radius 3 is 0.600 bits per heavy atom. The Kier molecular flexibility index (Phi) is 37.6. The normalized spacial score (nSPS) is 5.40. The summed E-state index contributed by atoms with van der Waals surface area (Å²) < 4.78 is 0. The van der Waals surface area contributed by atoms with Gasteiger partial charge in [-0.05, 0) is 0 Å². The first-order chi connectivity index (χ1) is 3.46. The fourth-order valence-electron chi connectivity index (χ4n) is 0. The molecule has 0 radical (unpaired) electrons. The van der Waals surface area contributed by atoms with Gasteiger partial charge in [0.05, 0.1) is 0 Å². The maximum Gasteiger partial charge on any atom is 3.00 e. The molecule has 6 nitrogen and oxygen atoms in total. The first-order valence-electron chi connectivity index (χ1n) is 1.41. The van der Waals surface area contributed by atoms with E-state index in [1.54, 1.807) is 0 Å². The van der Waals surface area contributed by atoms with Crippen LogP contribution in [0.4, 0.5) is 0 Å². The largest absolute Gasteiger partial charge is 3.00 e. The van der Waals surface area contributed by atoms with Gasteiger partial charge < -0.3 is 30.1 Å². The molecule has 0 spiro atoms. The molecule has 0 fully saturated rings. The Balaban J connectivity index is -0.0000000300. The van der Waals surface area contributed by atoms with Crippen LogP contribution in [-0.4, -0.2) is 32.0 Å². The van der Waals surface area contributed by atoms with Crippen LogP contribution in [0.2, 0.25) is 0 Å². The third kappa shape index (κ3) is 383. The van der Waals surface area contributed by atoms with Crippen molar-refractivity contribution < 1.29 is 56.0 Å². The summed E-state index contributed by atoms with van der Waals surface area (Å²) >= 11 is 0. The number of hydrogen-bond acceptors (Lipinski definition) is 6. The minimum Gasteiger partial charge on any atom is -0.907 e. The third-order valence-corrected chi connectivity index (χ3v) is 0. The Morgan fingerprint density at radius 1 is 0.600 bits per heavy atom. The third-order valence-electron chi connectivity index (χ3n) is 0. The second kappa shape index (κ2) is 16.7. The van der Waals surface area contributed by atoms with Crippen molar-refractivity contribution >= 4 is 32.0 Å². The van der Waals surface area contributed by atoms with Crippen molar-refractivity contribution in [3.8, 4) is 0 Å². The summed E-state index contributed by atoms with van der Waals surface area (Å²) in [5.41, 5.74) is 0. The Hall–Kier alpha value is 1.29. The molecule has 0 aromatic carbocycles. The molecular weight excluding hydrogens is 190 g/mol. The number of rotatable bonds is 0. The topological polar surface area (TPSA) is 138 Å². The van der Waals surface area contributed by atoms with Crippen LogP contribution in [0.5, 0.6) is 0 Å². The molecule has 0 aromatic rings. The zero-order valence-electron chi connectivity index (χ0n) is 4.76. The van der Waals surface area contributed by atoms with Crippen LogP contribution >= 0.6 is 0 Å². The molecule has 0 amide bonds. The summed E-state index contributed by atoms with van der Waals surface area (Å²) in [5.74, 6) is 0. The smallest absolute Gasteiger partial charge is 0.907 e. The Morgan fingerprint density at radius 2 is 0.600 bits per heavy atom. The summed E-state index contributed by atoms with van der Waals surface area (Å²) in [6.45, 7) is 0. The van der Waals surface area contributed by atoms with Gasteiger partial charge in [0.25, 0.3) is 0 Å². The predicted octanol–water partition coefficient (Wildman–Crippen LogP) is -8.28. The van der Waals surface area contributed by atoms with Gasteiger partial charge in [0.1, 0.15) is 0 Å². The van der Waals surface area contributed by atoms with Crippen LogP contribution in [0.15, 0.2) is 0 Å². The zero-order valence-corrected chi connectivity index (χ0v) is 7.72. The van der Waals surface area contributed by atoms with Crippen LogP contribution in [0.3, 0.4) is 0 Å². The molecular formula is AlB2O6Sc. The molecule has 0 atom stereocenters. The van der Waals surface area contributed by atoms with Crippen molar-refractivity contribution in [2.24, 2.45) is 0 Å². The molecule has 0 aromatic heterocycles. The van der Waals surface area contributed by atoms with Gasteiger partial charge in [-0.15, -0.1) is 0 Å². The number of hydrogen-bond donors (Lipinski definition) is 0. The molecule has 10 heavy (non-hydrogen) atoms. The molecule has 0 aliphatic rings. The second-order valence-corrected chi connectivity index (χ2v) is 0.577. The van der Waals surface area contributed by atoms with Gasteiger partial charge in [-0.2, -0.15) is 0 Å². The standard InChI is InChI=1S/Al.2BO3.Sc/c;2*2-1(3)4;/q+3;2*-3;+3. The molecule has 0 unspecified atom stereocenters. The molecule has 0 aliphatic carbocycles. The summed E-state index contributed by atoms with van der Waals surface area (Å²) in [7, 11) is -5.83. The maximum absolute atomic E-state index is 8.42. The van der Waals surface area contributed by atoms with E-state index in [-0.39, 0.29) is 43.2 Å². The van der Waals surface area contributed by atoms with Gasteiger partial charge >= 0.3 is 43.2 Å². The summed E-state index contributed by atoms with van der Waals surface area (Å²) in [6.07, 6.45) is 0. The van der Waals surface area contributed by atoms with Gasteiger partial charge in [-0.25, -0.2) is 0 Å². The van der Waals surface area contributed by atoms with Gasteiger partial charge in [0.15, 0.2) is 0 Å². The monoisotopic (exact) mass is 190 g/mol. The first kappa shape index (κ1) is 22.5. The molecule has 0 heterocycles. The van der Waals surface area contributed by atoms with E-state index in [2.05, 4.69) is 0 Å². The van der Waals surface area contributed by atoms with Gasteiger partial charge in [-0.3, -0.25) is 14.6 Å². The summed E-state index contributed by atoms with van der Waals surface area (Å²) in [4.78, 5) is 0. The van der Waals surface area contributed by atoms with E-state index < -0.39 is 14.6 Å². The first-order valence-corrected chi connectivity index (χ1v) is 1.41. The average Bonchev–Trinajstić information content (AvgIpc) is 1.25. The summed E-state index contributed by atoms with van der Waals surface area (Å²) in [6, 6.07) is 0.